The van der Waals surface area contributed by atoms with Crippen molar-refractivity contribution in [2.45, 2.75) is 24.0 Å². The van der Waals surface area contributed by atoms with Crippen LogP contribution in [0.15, 0.2) is 33.9 Å². The second-order valence-electron chi connectivity index (χ2n) is 4.39. The standard InChI is InChI=1S/C15H14ClN3O3S/c1-3-8-17-14(20)10(2)23-15-19-18-13(22-15)9-21-12-6-4-11(16)5-7-12/h1,4-7,10H,8-9H2,2H3,(H,17,20). The van der Waals surface area contributed by atoms with Gasteiger partial charge in [-0.05, 0) is 31.2 Å². The summed E-state index contributed by atoms with van der Waals surface area (Å²) in [5.74, 6) is 3.11. The molecule has 0 bridgehead atoms. The van der Waals surface area contributed by atoms with Gasteiger partial charge in [0.05, 0.1) is 11.8 Å². The van der Waals surface area contributed by atoms with Crippen LogP contribution >= 0.6 is 23.4 Å². The molecule has 0 aliphatic heterocycles. The van der Waals surface area contributed by atoms with Crippen LogP contribution < -0.4 is 10.1 Å². The third-order valence-corrected chi connectivity index (χ3v) is 3.82. The van der Waals surface area contributed by atoms with Crippen LogP contribution in [0, 0.1) is 12.3 Å². The normalized spacial score (nSPS) is 11.5. The summed E-state index contributed by atoms with van der Waals surface area (Å²) >= 11 is 6.95. The SMILES string of the molecule is C#CCNC(=O)C(C)Sc1nnc(COc2ccc(Cl)cc2)o1. The number of ether oxygens (including phenoxy) is 1. The number of thioether (sulfide) groups is 1. The summed E-state index contributed by atoms with van der Waals surface area (Å²) in [5.41, 5.74) is 0. The van der Waals surface area contributed by atoms with Crippen molar-refractivity contribution in [1.29, 1.82) is 0 Å². The highest BCUT2D eigenvalue weighted by molar-refractivity contribution is 8.00. The molecular formula is C15H14ClN3O3S. The Morgan fingerprint density at radius 3 is 2.91 bits per heavy atom. The van der Waals surface area contributed by atoms with Crippen LogP contribution in [0.3, 0.4) is 0 Å². The topological polar surface area (TPSA) is 77.2 Å². The van der Waals surface area contributed by atoms with Gasteiger partial charge in [-0.1, -0.05) is 29.3 Å². The Kier molecular flexibility index (Phi) is 6.32. The molecule has 0 fully saturated rings. The zero-order valence-electron chi connectivity index (χ0n) is 12.3. The largest absolute Gasteiger partial charge is 0.484 e. The van der Waals surface area contributed by atoms with Gasteiger partial charge in [0.2, 0.25) is 5.91 Å². The third-order valence-electron chi connectivity index (χ3n) is 2.64. The van der Waals surface area contributed by atoms with E-state index in [9.17, 15) is 4.79 Å². The minimum absolute atomic E-state index is 0.132. The van der Waals surface area contributed by atoms with Crippen LogP contribution in [0.4, 0.5) is 0 Å². The Morgan fingerprint density at radius 1 is 1.48 bits per heavy atom. The quantitative estimate of drug-likeness (QED) is 0.610. The van der Waals surface area contributed by atoms with Gasteiger partial charge in [0, 0.05) is 5.02 Å². The second-order valence-corrected chi connectivity index (χ2v) is 6.11. The molecule has 0 aliphatic rings. The number of carbonyl (C=O) groups excluding carboxylic acids is 1. The maximum absolute atomic E-state index is 11.7. The minimum Gasteiger partial charge on any atom is -0.484 e. The highest BCUT2D eigenvalue weighted by atomic mass is 35.5. The Labute approximate surface area is 142 Å². The number of aromatic nitrogens is 2. The maximum atomic E-state index is 11.7. The number of hydrogen-bond donors (Lipinski definition) is 1. The maximum Gasteiger partial charge on any atom is 0.277 e. The van der Waals surface area contributed by atoms with Gasteiger partial charge < -0.3 is 14.5 Å². The number of halogens is 1. The van der Waals surface area contributed by atoms with E-state index >= 15 is 0 Å². The van der Waals surface area contributed by atoms with Gasteiger partial charge in [-0.25, -0.2) is 0 Å². The Hall–Kier alpha value is -2.17. The summed E-state index contributed by atoms with van der Waals surface area (Å²) in [6.07, 6.45) is 5.09. The second kappa shape index (κ2) is 8.46. The Morgan fingerprint density at radius 2 is 2.22 bits per heavy atom. The van der Waals surface area contributed by atoms with E-state index in [1.807, 2.05) is 0 Å². The molecule has 0 radical (unpaired) electrons. The van der Waals surface area contributed by atoms with E-state index in [4.69, 9.17) is 27.2 Å². The van der Waals surface area contributed by atoms with E-state index in [0.717, 1.165) is 11.8 Å². The molecule has 0 spiro atoms. The highest BCUT2D eigenvalue weighted by Gasteiger charge is 2.17. The Bertz CT molecular complexity index is 697. The molecule has 8 heteroatoms. The van der Waals surface area contributed by atoms with E-state index in [2.05, 4.69) is 21.4 Å². The lowest BCUT2D eigenvalue weighted by atomic mass is 10.3. The highest BCUT2D eigenvalue weighted by Crippen LogP contribution is 2.22. The van der Waals surface area contributed by atoms with E-state index in [1.165, 1.54) is 0 Å². The lowest BCUT2D eigenvalue weighted by Gasteiger charge is -2.07. The van der Waals surface area contributed by atoms with Crippen molar-refractivity contribution in [1.82, 2.24) is 15.5 Å². The molecule has 2 aromatic rings. The van der Waals surface area contributed by atoms with Crippen LogP contribution in [0.5, 0.6) is 5.75 Å². The molecule has 1 amide bonds. The number of nitrogens with zero attached hydrogens (tertiary/aromatic N) is 2. The first kappa shape index (κ1) is 17.2. The molecule has 0 saturated heterocycles. The number of rotatable bonds is 7. The van der Waals surface area contributed by atoms with Crippen molar-refractivity contribution >= 4 is 29.3 Å². The molecule has 2 rings (SSSR count). The fraction of sp³-hybridized carbons (Fsp3) is 0.267. The fourth-order valence-electron chi connectivity index (χ4n) is 1.51. The van der Waals surface area contributed by atoms with Gasteiger partial charge >= 0.3 is 0 Å². The lowest BCUT2D eigenvalue weighted by molar-refractivity contribution is -0.120. The minimum atomic E-state index is -0.395. The average molecular weight is 352 g/mol. The van der Waals surface area contributed by atoms with Crippen molar-refractivity contribution in [2.24, 2.45) is 0 Å². The van der Waals surface area contributed by atoms with Crippen LogP contribution in [-0.2, 0) is 11.4 Å². The van der Waals surface area contributed by atoms with Crippen LogP contribution in [0.1, 0.15) is 12.8 Å². The van der Waals surface area contributed by atoms with Crippen molar-refractivity contribution in [3.8, 4) is 18.1 Å². The molecule has 1 aromatic carbocycles. The van der Waals surface area contributed by atoms with Crippen LogP contribution in [-0.4, -0.2) is 27.9 Å². The molecule has 0 aliphatic carbocycles. The van der Waals surface area contributed by atoms with Crippen molar-refractivity contribution in [3.63, 3.8) is 0 Å². The first-order valence-corrected chi connectivity index (χ1v) is 7.93. The number of benzene rings is 1. The van der Waals surface area contributed by atoms with E-state index in [1.54, 1.807) is 31.2 Å². The number of carbonyl (C=O) groups is 1. The Balaban J connectivity index is 1.84. The monoisotopic (exact) mass is 351 g/mol. The molecule has 1 N–H and O–H groups in total. The number of amides is 1. The zero-order chi connectivity index (χ0) is 16.7. The van der Waals surface area contributed by atoms with Gasteiger partial charge in [-0.3, -0.25) is 4.79 Å². The van der Waals surface area contributed by atoms with Crippen molar-refractivity contribution in [3.05, 3.63) is 35.2 Å². The summed E-state index contributed by atoms with van der Waals surface area (Å²) in [5, 5.41) is 10.9. The molecule has 1 aromatic heterocycles. The first-order chi connectivity index (χ1) is 11.1. The van der Waals surface area contributed by atoms with Gasteiger partial charge in [0.25, 0.3) is 11.1 Å². The molecular weight excluding hydrogens is 338 g/mol. The summed E-state index contributed by atoms with van der Waals surface area (Å²) in [7, 11) is 0. The zero-order valence-corrected chi connectivity index (χ0v) is 13.9. The molecule has 1 atom stereocenters. The molecule has 1 heterocycles. The molecule has 0 saturated carbocycles. The van der Waals surface area contributed by atoms with Gasteiger partial charge in [0.15, 0.2) is 6.61 Å². The first-order valence-electron chi connectivity index (χ1n) is 6.67. The molecule has 120 valence electrons. The lowest BCUT2D eigenvalue weighted by Crippen LogP contribution is -2.31. The predicted octanol–water partition coefficient (Wildman–Crippen LogP) is 2.53. The average Bonchev–Trinajstić information content (AvgIpc) is 2.99. The summed E-state index contributed by atoms with van der Waals surface area (Å²) in [6, 6.07) is 6.93. The third kappa shape index (κ3) is 5.51. The number of terminal acetylenes is 1. The summed E-state index contributed by atoms with van der Waals surface area (Å²) in [6.45, 7) is 2.05. The van der Waals surface area contributed by atoms with Gasteiger partial charge in [-0.15, -0.1) is 16.6 Å². The van der Waals surface area contributed by atoms with E-state index in [-0.39, 0.29) is 19.1 Å². The molecule has 1 unspecified atom stereocenters. The van der Waals surface area contributed by atoms with E-state index < -0.39 is 5.25 Å². The van der Waals surface area contributed by atoms with Crippen molar-refractivity contribution in [2.75, 3.05) is 6.54 Å². The summed E-state index contributed by atoms with van der Waals surface area (Å²) in [4.78, 5) is 11.7. The summed E-state index contributed by atoms with van der Waals surface area (Å²) < 4.78 is 10.9. The fourth-order valence-corrected chi connectivity index (χ4v) is 2.36. The van der Waals surface area contributed by atoms with E-state index in [0.29, 0.717) is 21.9 Å². The predicted molar refractivity (Wildman–Crippen MR) is 87.2 cm³/mol. The molecule has 6 nitrogen and oxygen atoms in total. The number of nitrogens with one attached hydrogen (secondary N) is 1. The van der Waals surface area contributed by atoms with Crippen molar-refractivity contribution < 1.29 is 13.9 Å². The van der Waals surface area contributed by atoms with Crippen LogP contribution in [0.2, 0.25) is 5.02 Å². The molecule has 23 heavy (non-hydrogen) atoms. The number of hydrogen-bond acceptors (Lipinski definition) is 6. The van der Waals surface area contributed by atoms with Crippen LogP contribution in [0.25, 0.3) is 0 Å². The van der Waals surface area contributed by atoms with Gasteiger partial charge in [-0.2, -0.15) is 0 Å². The smallest absolute Gasteiger partial charge is 0.277 e. The van der Waals surface area contributed by atoms with Gasteiger partial charge in [0.1, 0.15) is 5.75 Å².